The first-order chi connectivity index (χ1) is 12.0. The maximum atomic E-state index is 12.7. The van der Waals surface area contributed by atoms with Gasteiger partial charge in [-0.3, -0.25) is 10.1 Å². The quantitative estimate of drug-likeness (QED) is 0.822. The molecule has 0 aliphatic heterocycles. The Kier molecular flexibility index (Phi) is 4.08. The molecular formula is C19H26N2O4. The van der Waals surface area contributed by atoms with Gasteiger partial charge in [0.15, 0.2) is 0 Å². The molecule has 6 heteroatoms. The molecular weight excluding hydrogens is 320 g/mol. The van der Waals surface area contributed by atoms with E-state index in [0.717, 1.165) is 17.8 Å². The molecule has 0 atom stereocenters. The molecule has 0 spiro atoms. The number of esters is 1. The van der Waals surface area contributed by atoms with E-state index in [4.69, 9.17) is 9.26 Å². The molecule has 0 aromatic carbocycles. The van der Waals surface area contributed by atoms with Crippen LogP contribution >= 0.6 is 0 Å². The second-order valence-corrected chi connectivity index (χ2v) is 8.34. The first-order valence-corrected chi connectivity index (χ1v) is 9.41. The topological polar surface area (TPSA) is 81.4 Å². The van der Waals surface area contributed by atoms with Crippen LogP contribution in [0.5, 0.6) is 0 Å². The zero-order valence-electron chi connectivity index (χ0n) is 15.0. The summed E-state index contributed by atoms with van der Waals surface area (Å²) >= 11 is 0. The highest BCUT2D eigenvalue weighted by Crippen LogP contribution is 2.61. The third-order valence-corrected chi connectivity index (χ3v) is 6.30. The average molecular weight is 346 g/mol. The lowest BCUT2D eigenvalue weighted by molar-refractivity contribution is -0.124. The number of carbonyl (C=O) groups is 2. The van der Waals surface area contributed by atoms with E-state index in [-0.39, 0.29) is 29.4 Å². The minimum Gasteiger partial charge on any atom is -0.462 e. The summed E-state index contributed by atoms with van der Waals surface area (Å²) in [6.45, 7) is 3.68. The van der Waals surface area contributed by atoms with Crippen molar-refractivity contribution in [2.45, 2.75) is 58.8 Å². The summed E-state index contributed by atoms with van der Waals surface area (Å²) in [5.41, 5.74) is 0.808. The third kappa shape index (κ3) is 3.07. The maximum absolute atomic E-state index is 12.7. The van der Waals surface area contributed by atoms with E-state index < -0.39 is 5.97 Å². The number of anilines is 1. The lowest BCUT2D eigenvalue weighted by Crippen LogP contribution is -2.47. The second-order valence-electron chi connectivity index (χ2n) is 8.34. The van der Waals surface area contributed by atoms with Gasteiger partial charge in [0.05, 0.1) is 12.3 Å². The van der Waals surface area contributed by atoms with Crippen LogP contribution in [0.3, 0.4) is 0 Å². The van der Waals surface area contributed by atoms with Crippen LogP contribution in [0.4, 0.5) is 5.88 Å². The Morgan fingerprint density at radius 1 is 1.20 bits per heavy atom. The molecule has 0 radical (unpaired) electrons. The predicted molar refractivity (Wildman–Crippen MR) is 91.0 cm³/mol. The van der Waals surface area contributed by atoms with E-state index >= 15 is 0 Å². The van der Waals surface area contributed by atoms with Crippen LogP contribution in [-0.4, -0.2) is 23.6 Å². The molecule has 0 saturated heterocycles. The molecule has 4 bridgehead atoms. The number of hydrogen-bond acceptors (Lipinski definition) is 5. The number of nitrogens with zero attached hydrogens (tertiary/aromatic N) is 1. The van der Waals surface area contributed by atoms with Crippen molar-refractivity contribution in [3.63, 3.8) is 0 Å². The minimum atomic E-state index is -0.508. The van der Waals surface area contributed by atoms with Crippen molar-refractivity contribution < 1.29 is 18.8 Å². The summed E-state index contributed by atoms with van der Waals surface area (Å²) in [5.74, 6) is 1.95. The number of aromatic nitrogens is 1. The van der Waals surface area contributed by atoms with Crippen LogP contribution < -0.4 is 5.32 Å². The highest BCUT2D eigenvalue weighted by atomic mass is 16.5. The molecule has 1 amide bonds. The Morgan fingerprint density at radius 2 is 1.80 bits per heavy atom. The molecule has 6 nitrogen and oxygen atoms in total. The summed E-state index contributed by atoms with van der Waals surface area (Å²) in [5, 5.41) is 6.59. The van der Waals surface area contributed by atoms with Crippen LogP contribution in [-0.2, 0) is 9.53 Å². The normalized spacial score (nSPS) is 32.6. The summed E-state index contributed by atoms with van der Waals surface area (Å²) in [6.07, 6.45) is 8.10. The molecule has 1 N–H and O–H groups in total. The van der Waals surface area contributed by atoms with E-state index in [1.807, 2.05) is 0 Å². The number of rotatable bonds is 5. The molecule has 1 aromatic rings. The standard InChI is InChI=1S/C19H26N2O4/c1-3-24-18(23)16-11(2)21-25-17(16)20-15(22)10-19-7-12-4-13(8-19)6-14(5-12)9-19/h12-14H,3-10H2,1-2H3,(H,20,22). The second kappa shape index (κ2) is 6.15. The Labute approximate surface area is 147 Å². The van der Waals surface area contributed by atoms with E-state index in [2.05, 4.69) is 10.5 Å². The van der Waals surface area contributed by atoms with Crippen LogP contribution in [0, 0.1) is 30.1 Å². The van der Waals surface area contributed by atoms with Crippen molar-refractivity contribution in [3.8, 4) is 0 Å². The van der Waals surface area contributed by atoms with Crippen LogP contribution in [0.15, 0.2) is 4.52 Å². The summed E-state index contributed by atoms with van der Waals surface area (Å²) in [4.78, 5) is 24.8. The minimum absolute atomic E-state index is 0.0800. The zero-order chi connectivity index (χ0) is 17.6. The fourth-order valence-corrected chi connectivity index (χ4v) is 5.92. The van der Waals surface area contributed by atoms with Crippen molar-refractivity contribution in [3.05, 3.63) is 11.3 Å². The number of carbonyl (C=O) groups excluding carboxylic acids is 2. The van der Waals surface area contributed by atoms with Gasteiger partial charge in [-0.2, -0.15) is 0 Å². The Hall–Kier alpha value is -1.85. The van der Waals surface area contributed by atoms with Crippen molar-refractivity contribution in [2.75, 3.05) is 11.9 Å². The van der Waals surface area contributed by atoms with Crippen LogP contribution in [0.2, 0.25) is 0 Å². The molecule has 136 valence electrons. The molecule has 25 heavy (non-hydrogen) atoms. The smallest absolute Gasteiger partial charge is 0.345 e. The number of ether oxygens (including phenoxy) is 1. The molecule has 4 fully saturated rings. The van der Waals surface area contributed by atoms with Gasteiger partial charge in [0.25, 0.3) is 0 Å². The lowest BCUT2D eigenvalue weighted by Gasteiger charge is -2.56. The lowest BCUT2D eigenvalue weighted by atomic mass is 9.49. The fraction of sp³-hybridized carbons (Fsp3) is 0.737. The van der Waals surface area contributed by atoms with E-state index in [1.165, 1.54) is 38.5 Å². The number of amides is 1. The van der Waals surface area contributed by atoms with E-state index in [1.54, 1.807) is 13.8 Å². The first-order valence-electron chi connectivity index (χ1n) is 9.41. The molecule has 4 aliphatic rings. The van der Waals surface area contributed by atoms with Crippen molar-refractivity contribution in [2.24, 2.45) is 23.2 Å². The van der Waals surface area contributed by atoms with Gasteiger partial charge >= 0.3 is 5.97 Å². The number of aryl methyl sites for hydroxylation is 1. The average Bonchev–Trinajstić information content (AvgIpc) is 2.85. The third-order valence-electron chi connectivity index (χ3n) is 6.30. The largest absolute Gasteiger partial charge is 0.462 e. The monoisotopic (exact) mass is 346 g/mol. The first kappa shape index (κ1) is 16.6. The summed E-state index contributed by atoms with van der Waals surface area (Å²) in [7, 11) is 0. The van der Waals surface area contributed by atoms with Crippen molar-refractivity contribution in [1.29, 1.82) is 0 Å². The Balaban J connectivity index is 1.46. The van der Waals surface area contributed by atoms with Crippen LogP contribution in [0.25, 0.3) is 0 Å². The van der Waals surface area contributed by atoms with E-state index in [0.29, 0.717) is 12.1 Å². The Morgan fingerprint density at radius 3 is 2.36 bits per heavy atom. The molecule has 5 rings (SSSR count). The van der Waals surface area contributed by atoms with Gasteiger partial charge in [0.2, 0.25) is 11.8 Å². The predicted octanol–water partition coefficient (Wildman–Crippen LogP) is 3.70. The molecule has 4 aliphatic carbocycles. The van der Waals surface area contributed by atoms with Crippen molar-refractivity contribution in [1.82, 2.24) is 5.16 Å². The van der Waals surface area contributed by atoms with Gasteiger partial charge in [-0.25, -0.2) is 4.79 Å². The summed E-state index contributed by atoms with van der Waals surface area (Å²) < 4.78 is 10.2. The number of hydrogen-bond donors (Lipinski definition) is 1. The van der Waals surface area contributed by atoms with Gasteiger partial charge in [-0.1, -0.05) is 5.16 Å². The van der Waals surface area contributed by atoms with E-state index in [9.17, 15) is 9.59 Å². The Bertz CT molecular complexity index is 658. The van der Waals surface area contributed by atoms with Crippen LogP contribution in [0.1, 0.15) is 67.9 Å². The van der Waals surface area contributed by atoms with Gasteiger partial charge in [-0.15, -0.1) is 0 Å². The van der Waals surface area contributed by atoms with Gasteiger partial charge < -0.3 is 9.26 Å². The van der Waals surface area contributed by atoms with Crippen molar-refractivity contribution >= 4 is 17.8 Å². The molecule has 0 unspecified atom stereocenters. The SMILES string of the molecule is CCOC(=O)c1c(C)noc1NC(=O)CC12CC3CC(CC(C3)C1)C2. The summed E-state index contributed by atoms with van der Waals surface area (Å²) in [6, 6.07) is 0. The highest BCUT2D eigenvalue weighted by molar-refractivity contribution is 6.00. The highest BCUT2D eigenvalue weighted by Gasteiger charge is 2.51. The van der Waals surface area contributed by atoms with Gasteiger partial charge in [0, 0.05) is 6.42 Å². The number of nitrogens with one attached hydrogen (secondary N) is 1. The molecule has 1 heterocycles. The molecule has 4 saturated carbocycles. The molecule has 1 aromatic heterocycles. The zero-order valence-corrected chi connectivity index (χ0v) is 15.0. The maximum Gasteiger partial charge on any atom is 0.345 e. The van der Waals surface area contributed by atoms with Gasteiger partial charge in [0.1, 0.15) is 5.56 Å². The van der Waals surface area contributed by atoms with Gasteiger partial charge in [-0.05, 0) is 75.5 Å². The fourth-order valence-electron chi connectivity index (χ4n) is 5.92.